The van der Waals surface area contributed by atoms with Crippen LogP contribution in [-0.4, -0.2) is 21.8 Å². The quantitative estimate of drug-likeness (QED) is 0.860. The Labute approximate surface area is 135 Å². The molecule has 2 N–H and O–H groups in total. The minimum Gasteiger partial charge on any atom is -0.389 e. The van der Waals surface area contributed by atoms with Crippen LogP contribution < -0.4 is 10.6 Å². The van der Waals surface area contributed by atoms with Gasteiger partial charge in [-0.2, -0.15) is 5.10 Å². The first-order chi connectivity index (χ1) is 9.95. The van der Waals surface area contributed by atoms with E-state index in [1.165, 1.54) is 0 Å². The predicted molar refractivity (Wildman–Crippen MR) is 92.0 cm³/mol. The second-order valence-corrected chi connectivity index (χ2v) is 5.74. The molecule has 0 fully saturated rings. The molecule has 0 atom stereocenters. The molecular weight excluding hydrogens is 304 g/mol. The number of thiocarbonyl (C=S) groups is 1. The van der Waals surface area contributed by atoms with Gasteiger partial charge < -0.3 is 10.6 Å². The number of para-hydroxylation sites is 1. The molecule has 1 aromatic carbocycles. The number of aryl methyl sites for hydroxylation is 2. The molecule has 0 aliphatic rings. The fraction of sp³-hybridized carbons (Fsp3) is 0.333. The maximum Gasteiger partial charge on any atom is 0.106 e. The van der Waals surface area contributed by atoms with Crippen LogP contribution in [0.2, 0.25) is 5.02 Å². The molecule has 4 nitrogen and oxygen atoms in total. The molecule has 0 unspecified atom stereocenters. The van der Waals surface area contributed by atoms with Gasteiger partial charge in [-0.25, -0.2) is 0 Å². The zero-order valence-corrected chi connectivity index (χ0v) is 14.0. The van der Waals surface area contributed by atoms with E-state index in [1.54, 1.807) is 0 Å². The number of aromatic nitrogens is 2. The van der Waals surface area contributed by atoms with Gasteiger partial charge >= 0.3 is 0 Å². The molecule has 0 radical (unpaired) electrons. The van der Waals surface area contributed by atoms with Gasteiger partial charge in [-0.15, -0.1) is 0 Å². The van der Waals surface area contributed by atoms with Crippen molar-refractivity contribution in [3.8, 4) is 0 Å². The Morgan fingerprint density at radius 2 is 2.10 bits per heavy atom. The lowest BCUT2D eigenvalue weighted by atomic mass is 10.1. The van der Waals surface area contributed by atoms with Gasteiger partial charge in [0.2, 0.25) is 0 Å². The van der Waals surface area contributed by atoms with E-state index < -0.39 is 0 Å². The summed E-state index contributed by atoms with van der Waals surface area (Å²) in [6.45, 7) is 2.69. The molecule has 2 rings (SSSR count). The highest BCUT2D eigenvalue weighted by molar-refractivity contribution is 7.80. The van der Waals surface area contributed by atoms with E-state index in [2.05, 4.69) is 10.00 Å². The molecule has 0 saturated heterocycles. The van der Waals surface area contributed by atoms with Crippen molar-refractivity contribution in [2.24, 2.45) is 12.8 Å². The second kappa shape index (κ2) is 6.45. The first-order valence-corrected chi connectivity index (χ1v) is 7.54. The number of hydrogen-bond acceptors (Lipinski definition) is 3. The van der Waals surface area contributed by atoms with Gasteiger partial charge in [-0.1, -0.05) is 42.9 Å². The summed E-state index contributed by atoms with van der Waals surface area (Å²) in [4.78, 5) is 2.47. The molecule has 0 amide bonds. The zero-order valence-electron chi connectivity index (χ0n) is 12.4. The summed E-state index contributed by atoms with van der Waals surface area (Å²) >= 11 is 11.5. The highest BCUT2D eigenvalue weighted by Crippen LogP contribution is 2.25. The average Bonchev–Trinajstić information content (AvgIpc) is 2.74. The number of anilines is 1. The Morgan fingerprint density at radius 3 is 2.67 bits per heavy atom. The Morgan fingerprint density at radius 1 is 1.43 bits per heavy atom. The molecule has 21 heavy (non-hydrogen) atoms. The summed E-state index contributed by atoms with van der Waals surface area (Å²) in [5.74, 6) is 0. The van der Waals surface area contributed by atoms with Gasteiger partial charge in [0, 0.05) is 25.3 Å². The van der Waals surface area contributed by atoms with Crippen molar-refractivity contribution in [3.63, 3.8) is 0 Å². The van der Waals surface area contributed by atoms with Crippen molar-refractivity contribution in [1.82, 2.24) is 9.78 Å². The van der Waals surface area contributed by atoms with E-state index >= 15 is 0 Å². The average molecular weight is 323 g/mol. The number of nitrogens with zero attached hydrogens (tertiary/aromatic N) is 3. The molecule has 1 aromatic heterocycles. The molecule has 0 aliphatic heterocycles. The molecule has 1 heterocycles. The van der Waals surface area contributed by atoms with Crippen molar-refractivity contribution in [2.75, 3.05) is 11.9 Å². The summed E-state index contributed by atoms with van der Waals surface area (Å²) < 4.78 is 1.83. The number of hydrogen-bond donors (Lipinski definition) is 1. The van der Waals surface area contributed by atoms with Crippen LogP contribution >= 0.6 is 23.8 Å². The van der Waals surface area contributed by atoms with E-state index in [0.29, 0.717) is 11.5 Å². The highest BCUT2D eigenvalue weighted by atomic mass is 35.5. The van der Waals surface area contributed by atoms with Gasteiger partial charge in [0.1, 0.15) is 4.99 Å². The van der Waals surface area contributed by atoms with Gasteiger partial charge in [-0.3, -0.25) is 4.68 Å². The van der Waals surface area contributed by atoms with Crippen molar-refractivity contribution < 1.29 is 0 Å². The van der Waals surface area contributed by atoms with Crippen molar-refractivity contribution in [2.45, 2.75) is 19.9 Å². The summed E-state index contributed by atoms with van der Waals surface area (Å²) in [7, 11) is 3.90. The van der Waals surface area contributed by atoms with Crippen LogP contribution in [0.5, 0.6) is 0 Å². The third kappa shape index (κ3) is 3.19. The minimum absolute atomic E-state index is 0.391. The van der Waals surface area contributed by atoms with Gasteiger partial charge in [-0.05, 0) is 18.6 Å². The summed E-state index contributed by atoms with van der Waals surface area (Å²) in [6.07, 6.45) is 0.819. The number of rotatable bonds is 5. The first kappa shape index (κ1) is 15.8. The molecule has 0 spiro atoms. The fourth-order valence-electron chi connectivity index (χ4n) is 2.32. The third-order valence-corrected chi connectivity index (χ3v) is 4.13. The van der Waals surface area contributed by atoms with E-state index in [9.17, 15) is 0 Å². The molecular formula is C15H19ClN4S. The van der Waals surface area contributed by atoms with Crippen LogP contribution in [0.1, 0.15) is 23.9 Å². The van der Waals surface area contributed by atoms with Crippen LogP contribution in [0.4, 0.5) is 5.69 Å². The SMILES string of the molecule is CCc1nn(C)c(CN(C)c2ccccc2C(N)=S)c1Cl. The van der Waals surface area contributed by atoms with Gasteiger partial charge in [0.25, 0.3) is 0 Å². The van der Waals surface area contributed by atoms with Crippen molar-refractivity contribution in [1.29, 1.82) is 0 Å². The number of nitrogens with two attached hydrogens (primary N) is 1. The van der Waals surface area contributed by atoms with Gasteiger partial charge in [0.15, 0.2) is 0 Å². The molecule has 0 saturated carbocycles. The Balaban J connectivity index is 2.33. The number of benzene rings is 1. The van der Waals surface area contributed by atoms with Crippen LogP contribution in [0.25, 0.3) is 0 Å². The number of halogens is 1. The van der Waals surface area contributed by atoms with Gasteiger partial charge in [0.05, 0.1) is 23.0 Å². The normalized spacial score (nSPS) is 10.7. The standard InChI is InChI=1S/C15H19ClN4S/c1-4-11-14(16)13(20(3)18-11)9-19(2)12-8-6-5-7-10(12)15(17)21/h5-8H,4,9H2,1-3H3,(H2,17,21). The van der Waals surface area contributed by atoms with E-state index in [4.69, 9.17) is 29.6 Å². The zero-order chi connectivity index (χ0) is 15.6. The lowest BCUT2D eigenvalue weighted by Gasteiger charge is -2.22. The largest absolute Gasteiger partial charge is 0.389 e. The Kier molecular flexibility index (Phi) is 4.85. The molecule has 0 bridgehead atoms. The Hall–Kier alpha value is -1.59. The van der Waals surface area contributed by atoms with Crippen LogP contribution in [0.15, 0.2) is 24.3 Å². The van der Waals surface area contributed by atoms with E-state index in [-0.39, 0.29) is 0 Å². The summed E-state index contributed by atoms with van der Waals surface area (Å²) in [6, 6.07) is 7.82. The second-order valence-electron chi connectivity index (χ2n) is 4.92. The maximum absolute atomic E-state index is 6.40. The first-order valence-electron chi connectivity index (χ1n) is 6.75. The monoisotopic (exact) mass is 322 g/mol. The smallest absolute Gasteiger partial charge is 0.106 e. The van der Waals surface area contributed by atoms with E-state index in [0.717, 1.165) is 34.1 Å². The topological polar surface area (TPSA) is 47.1 Å². The van der Waals surface area contributed by atoms with Crippen LogP contribution in [0.3, 0.4) is 0 Å². The molecule has 112 valence electrons. The molecule has 6 heteroatoms. The lowest BCUT2D eigenvalue weighted by molar-refractivity contribution is 0.689. The minimum atomic E-state index is 0.391. The van der Waals surface area contributed by atoms with Crippen molar-refractivity contribution in [3.05, 3.63) is 46.2 Å². The fourth-order valence-corrected chi connectivity index (χ4v) is 2.84. The molecule has 2 aromatic rings. The van der Waals surface area contributed by atoms with Crippen LogP contribution in [-0.2, 0) is 20.0 Å². The summed E-state index contributed by atoms with van der Waals surface area (Å²) in [5.41, 5.74) is 9.55. The Bertz CT molecular complexity index is 666. The lowest BCUT2D eigenvalue weighted by Crippen LogP contribution is -2.22. The summed E-state index contributed by atoms with van der Waals surface area (Å²) in [5, 5.41) is 5.18. The third-order valence-electron chi connectivity index (χ3n) is 3.47. The molecule has 0 aliphatic carbocycles. The maximum atomic E-state index is 6.40. The van der Waals surface area contributed by atoms with Crippen LogP contribution in [0, 0.1) is 0 Å². The van der Waals surface area contributed by atoms with E-state index in [1.807, 2.05) is 50.0 Å². The van der Waals surface area contributed by atoms with Crippen molar-refractivity contribution >= 4 is 34.5 Å². The highest BCUT2D eigenvalue weighted by Gasteiger charge is 2.16. The predicted octanol–water partition coefficient (Wildman–Crippen LogP) is 2.91.